The predicted octanol–water partition coefficient (Wildman–Crippen LogP) is 6.31. The van der Waals surface area contributed by atoms with E-state index in [1.165, 1.54) is 0 Å². The molecule has 1 atom stereocenters. The summed E-state index contributed by atoms with van der Waals surface area (Å²) in [7, 11) is -3.72. The molecule has 0 amide bonds. The molecule has 0 N–H and O–H groups in total. The van der Waals surface area contributed by atoms with Crippen molar-refractivity contribution in [3.63, 3.8) is 0 Å². The van der Waals surface area contributed by atoms with E-state index in [1.54, 1.807) is 4.67 Å². The number of alkyl halides is 5. The fourth-order valence-corrected chi connectivity index (χ4v) is 9.17. The molecule has 0 aliphatic rings. The Morgan fingerprint density at radius 1 is 1.00 bits per heavy atom. The first kappa shape index (κ1) is 19.9. The summed E-state index contributed by atoms with van der Waals surface area (Å²) >= 11 is 30.8. The third kappa shape index (κ3) is 4.23. The number of rotatable bonds is 6. The highest BCUT2D eigenvalue weighted by atomic mass is 35.6. The lowest BCUT2D eigenvalue weighted by molar-refractivity contribution is 0.435. The van der Waals surface area contributed by atoms with E-state index < -0.39 is 14.9 Å². The Bertz CT molecular complexity index is 499. The molecule has 8 heteroatoms. The Morgan fingerprint density at radius 2 is 1.48 bits per heavy atom. The molecule has 1 rings (SSSR count). The normalized spacial score (nSPS) is 16.0. The average Bonchev–Trinajstić information content (AvgIpc) is 2.39. The van der Waals surface area contributed by atoms with Gasteiger partial charge in [-0.25, -0.2) is 4.67 Å². The summed E-state index contributed by atoms with van der Waals surface area (Å²) in [6.07, 6.45) is 0.124. The van der Waals surface area contributed by atoms with Crippen molar-refractivity contribution in [2.75, 3.05) is 13.1 Å². The van der Waals surface area contributed by atoms with Crippen LogP contribution in [-0.4, -0.2) is 25.4 Å². The second-order valence-electron chi connectivity index (χ2n) is 4.51. The standard InChI is InChI=1S/C13H17Cl5NOP/c1-3-19(4-2)21(20,13(16,17)18)12(14,15)10-11-8-6-5-7-9-11/h5-9H,3-4,10H2,1-2H3/t21-/m0/s1. The first-order valence-electron chi connectivity index (χ1n) is 6.44. The first-order chi connectivity index (χ1) is 9.60. The van der Waals surface area contributed by atoms with Gasteiger partial charge in [-0.2, -0.15) is 0 Å². The average molecular weight is 412 g/mol. The molecular formula is C13H17Cl5NOP. The second kappa shape index (κ2) is 7.62. The zero-order chi connectivity index (χ0) is 16.3. The molecule has 1 aromatic rings. The number of halogens is 5. The molecule has 0 spiro atoms. The van der Waals surface area contributed by atoms with Crippen LogP contribution in [0.3, 0.4) is 0 Å². The highest BCUT2D eigenvalue weighted by Gasteiger charge is 2.60. The molecule has 0 saturated heterocycles. The van der Waals surface area contributed by atoms with Crippen LogP contribution >= 0.6 is 65.3 Å². The number of hydrogen-bond donors (Lipinski definition) is 0. The molecule has 0 saturated carbocycles. The van der Waals surface area contributed by atoms with Gasteiger partial charge in [0.15, 0.2) is 4.07 Å². The molecular weight excluding hydrogens is 394 g/mol. The van der Waals surface area contributed by atoms with Gasteiger partial charge < -0.3 is 0 Å². The van der Waals surface area contributed by atoms with Crippen molar-refractivity contribution in [2.24, 2.45) is 0 Å². The fraction of sp³-hybridized carbons (Fsp3) is 0.538. The quantitative estimate of drug-likeness (QED) is 0.404. The van der Waals surface area contributed by atoms with E-state index >= 15 is 0 Å². The van der Waals surface area contributed by atoms with Crippen LogP contribution in [0.15, 0.2) is 30.3 Å². The van der Waals surface area contributed by atoms with Crippen LogP contribution in [0.2, 0.25) is 0 Å². The van der Waals surface area contributed by atoms with Gasteiger partial charge in [-0.05, 0) is 5.56 Å². The molecule has 0 aliphatic carbocycles. The van der Waals surface area contributed by atoms with Crippen LogP contribution in [0.5, 0.6) is 0 Å². The van der Waals surface area contributed by atoms with Crippen molar-refractivity contribution in [3.05, 3.63) is 35.9 Å². The molecule has 0 aliphatic heterocycles. The van der Waals surface area contributed by atoms with E-state index in [2.05, 4.69) is 0 Å². The SMILES string of the molecule is CCN(CC)[P@@](=O)(C(Cl)(Cl)Cl)C(Cl)(Cl)Cc1ccccc1. The minimum atomic E-state index is -3.72. The zero-order valence-corrected chi connectivity index (χ0v) is 16.4. The van der Waals surface area contributed by atoms with Crippen molar-refractivity contribution >= 4 is 65.3 Å². The maximum Gasteiger partial charge on any atom is 0.258 e. The number of nitrogens with zero attached hydrogens (tertiary/aromatic N) is 1. The third-order valence-electron chi connectivity index (χ3n) is 3.18. The molecule has 21 heavy (non-hydrogen) atoms. The molecule has 0 heterocycles. The summed E-state index contributed by atoms with van der Waals surface area (Å²) in [5.41, 5.74) is 0.823. The van der Waals surface area contributed by atoms with Crippen LogP contribution in [0, 0.1) is 0 Å². The Labute approximate surface area is 151 Å². The summed E-state index contributed by atoms with van der Waals surface area (Å²) in [5.74, 6) is 0. The van der Waals surface area contributed by atoms with Gasteiger partial charge in [-0.15, -0.1) is 0 Å². The van der Waals surface area contributed by atoms with E-state index in [9.17, 15) is 4.57 Å². The third-order valence-corrected chi connectivity index (χ3v) is 9.97. The summed E-state index contributed by atoms with van der Waals surface area (Å²) in [4.78, 5) is 0. The van der Waals surface area contributed by atoms with Crippen LogP contribution in [0.1, 0.15) is 19.4 Å². The van der Waals surface area contributed by atoms with Gasteiger partial charge in [0.05, 0.1) is 0 Å². The van der Waals surface area contributed by atoms with Crippen molar-refractivity contribution in [1.29, 1.82) is 0 Å². The van der Waals surface area contributed by atoms with E-state index in [1.807, 2.05) is 44.2 Å². The van der Waals surface area contributed by atoms with Crippen LogP contribution in [0.4, 0.5) is 0 Å². The van der Waals surface area contributed by atoms with Gasteiger partial charge in [0.25, 0.3) is 3.53 Å². The van der Waals surface area contributed by atoms with Crippen LogP contribution in [0.25, 0.3) is 0 Å². The molecule has 2 nitrogen and oxygen atoms in total. The highest BCUT2D eigenvalue weighted by Crippen LogP contribution is 2.77. The smallest absolute Gasteiger partial charge is 0.258 e. The highest BCUT2D eigenvalue weighted by molar-refractivity contribution is 7.74. The Morgan fingerprint density at radius 3 is 1.86 bits per heavy atom. The lowest BCUT2D eigenvalue weighted by Crippen LogP contribution is -2.36. The molecule has 0 bridgehead atoms. The van der Waals surface area contributed by atoms with Gasteiger partial charge >= 0.3 is 0 Å². The second-order valence-corrected chi connectivity index (χ2v) is 12.7. The Balaban J connectivity index is 3.28. The van der Waals surface area contributed by atoms with Crippen molar-refractivity contribution in [3.8, 4) is 0 Å². The van der Waals surface area contributed by atoms with E-state index in [-0.39, 0.29) is 6.42 Å². The lowest BCUT2D eigenvalue weighted by Gasteiger charge is -2.41. The van der Waals surface area contributed by atoms with Crippen molar-refractivity contribution < 1.29 is 4.57 Å². The van der Waals surface area contributed by atoms with Crippen molar-refractivity contribution in [1.82, 2.24) is 4.67 Å². The summed E-state index contributed by atoms with van der Waals surface area (Å²) in [5, 5.41) is 0. The first-order valence-corrected chi connectivity index (χ1v) is 9.99. The van der Waals surface area contributed by atoms with Gasteiger partial charge in [-0.3, -0.25) is 4.57 Å². The predicted molar refractivity (Wildman–Crippen MR) is 95.4 cm³/mol. The molecule has 0 radical (unpaired) electrons. The van der Waals surface area contributed by atoms with Gasteiger partial charge in [0.2, 0.25) is 7.29 Å². The molecule has 0 fully saturated rings. The van der Waals surface area contributed by atoms with Crippen LogP contribution in [-0.2, 0) is 11.0 Å². The van der Waals surface area contributed by atoms with Gasteiger partial charge in [0.1, 0.15) is 0 Å². The van der Waals surface area contributed by atoms with Crippen LogP contribution < -0.4 is 0 Å². The van der Waals surface area contributed by atoms with Gasteiger partial charge in [-0.1, -0.05) is 102 Å². The maximum atomic E-state index is 13.5. The summed E-state index contributed by atoms with van der Waals surface area (Å²) in [6.45, 7) is 4.47. The zero-order valence-electron chi connectivity index (χ0n) is 11.7. The van der Waals surface area contributed by atoms with E-state index in [0.717, 1.165) is 5.56 Å². The Kier molecular flexibility index (Phi) is 7.22. The largest absolute Gasteiger partial charge is 0.299 e. The lowest BCUT2D eigenvalue weighted by atomic mass is 10.2. The Hall–Kier alpha value is 0.860. The molecule has 1 aromatic carbocycles. The maximum absolute atomic E-state index is 13.5. The molecule has 0 unspecified atom stereocenters. The minimum absolute atomic E-state index is 0.124. The molecule has 120 valence electrons. The molecule has 0 aromatic heterocycles. The number of hydrogen-bond acceptors (Lipinski definition) is 1. The van der Waals surface area contributed by atoms with E-state index in [0.29, 0.717) is 13.1 Å². The topological polar surface area (TPSA) is 20.3 Å². The number of benzene rings is 1. The summed E-state index contributed by atoms with van der Waals surface area (Å²) in [6, 6.07) is 9.23. The summed E-state index contributed by atoms with van der Waals surface area (Å²) < 4.78 is 11.3. The van der Waals surface area contributed by atoms with E-state index in [4.69, 9.17) is 58.0 Å². The van der Waals surface area contributed by atoms with Crippen molar-refractivity contribution in [2.45, 2.75) is 27.9 Å². The minimum Gasteiger partial charge on any atom is -0.299 e. The van der Waals surface area contributed by atoms with Gasteiger partial charge in [0, 0.05) is 19.5 Å². The monoisotopic (exact) mass is 409 g/mol. The fourth-order valence-electron chi connectivity index (χ4n) is 2.12.